The van der Waals surface area contributed by atoms with Crippen LogP contribution in [0, 0.1) is 5.92 Å². The molecule has 0 saturated heterocycles. The number of hydrazone groups is 1. The minimum atomic E-state index is -0.438. The smallest absolute Gasteiger partial charge is 0.354 e. The normalized spacial score (nSPS) is 16.9. The molecule has 0 N–H and O–H groups in total. The largest absolute Gasteiger partial charge is 0.461 e. The summed E-state index contributed by atoms with van der Waals surface area (Å²) < 4.78 is 4.92. The van der Waals surface area contributed by atoms with Gasteiger partial charge in [0.15, 0.2) is 0 Å². The minimum Gasteiger partial charge on any atom is -0.461 e. The maximum absolute atomic E-state index is 12.1. The molecule has 0 unspecified atom stereocenters. The number of hydrogen-bond donors (Lipinski definition) is 0. The zero-order chi connectivity index (χ0) is 15.0. The summed E-state index contributed by atoms with van der Waals surface area (Å²) in [6, 6.07) is 0. The predicted molar refractivity (Wildman–Crippen MR) is 78.3 cm³/mol. The minimum absolute atomic E-state index is 0.0212. The van der Waals surface area contributed by atoms with Crippen molar-refractivity contribution in [3.63, 3.8) is 0 Å². The van der Waals surface area contributed by atoms with Gasteiger partial charge >= 0.3 is 5.97 Å². The Hall–Kier alpha value is -1.39. The fourth-order valence-electron chi connectivity index (χ4n) is 2.48. The van der Waals surface area contributed by atoms with Gasteiger partial charge in [-0.05, 0) is 32.1 Å². The highest BCUT2D eigenvalue weighted by atomic mass is 16.5. The van der Waals surface area contributed by atoms with Crippen LogP contribution in [0.3, 0.4) is 0 Å². The van der Waals surface area contributed by atoms with E-state index in [4.69, 9.17) is 4.74 Å². The van der Waals surface area contributed by atoms with E-state index in [-0.39, 0.29) is 5.91 Å². The lowest BCUT2D eigenvalue weighted by molar-refractivity contribution is -0.135. The fraction of sp³-hybridized carbons (Fsp3) is 0.800. The molecule has 0 aromatic carbocycles. The highest BCUT2D eigenvalue weighted by Crippen LogP contribution is 2.26. The van der Waals surface area contributed by atoms with Crippen molar-refractivity contribution in [2.24, 2.45) is 11.0 Å². The second-order valence-electron chi connectivity index (χ2n) is 5.25. The first-order chi connectivity index (χ1) is 9.58. The summed E-state index contributed by atoms with van der Waals surface area (Å²) >= 11 is 0. The van der Waals surface area contributed by atoms with Crippen molar-refractivity contribution in [3.05, 3.63) is 0 Å². The summed E-state index contributed by atoms with van der Waals surface area (Å²) in [5.41, 5.74) is 0.298. The number of carbonyl (C=O) groups is 2. The SMILES string of the molecule is CCOC(=O)/C(CC)=N/N(C)C(=O)CC1CCCCC1. The molecule has 1 fully saturated rings. The van der Waals surface area contributed by atoms with E-state index >= 15 is 0 Å². The van der Waals surface area contributed by atoms with Gasteiger partial charge in [0, 0.05) is 13.5 Å². The van der Waals surface area contributed by atoms with Gasteiger partial charge in [-0.25, -0.2) is 9.80 Å². The van der Waals surface area contributed by atoms with E-state index in [2.05, 4.69) is 5.10 Å². The van der Waals surface area contributed by atoms with Crippen molar-refractivity contribution in [1.29, 1.82) is 0 Å². The molecule has 1 saturated carbocycles. The molecule has 0 atom stereocenters. The highest BCUT2D eigenvalue weighted by Gasteiger charge is 2.20. The Labute approximate surface area is 121 Å². The van der Waals surface area contributed by atoms with Crippen LogP contribution in [-0.4, -0.2) is 36.3 Å². The zero-order valence-corrected chi connectivity index (χ0v) is 12.9. The van der Waals surface area contributed by atoms with E-state index < -0.39 is 5.97 Å². The first-order valence-corrected chi connectivity index (χ1v) is 7.59. The number of ether oxygens (including phenoxy) is 1. The number of rotatable bonds is 6. The van der Waals surface area contributed by atoms with Crippen molar-refractivity contribution < 1.29 is 14.3 Å². The number of amides is 1. The quantitative estimate of drug-likeness (QED) is 0.427. The number of nitrogens with zero attached hydrogens (tertiary/aromatic N) is 2. The lowest BCUT2D eigenvalue weighted by Gasteiger charge is -2.22. The van der Waals surface area contributed by atoms with Gasteiger partial charge in [-0.1, -0.05) is 26.2 Å². The molecular weight excluding hydrogens is 256 g/mol. The molecule has 20 heavy (non-hydrogen) atoms. The van der Waals surface area contributed by atoms with Crippen LogP contribution in [0.15, 0.2) is 5.10 Å². The Morgan fingerprint density at radius 1 is 1.20 bits per heavy atom. The molecule has 1 amide bonds. The van der Waals surface area contributed by atoms with Gasteiger partial charge in [0.2, 0.25) is 5.91 Å². The van der Waals surface area contributed by atoms with Crippen LogP contribution >= 0.6 is 0 Å². The van der Waals surface area contributed by atoms with Gasteiger partial charge < -0.3 is 4.74 Å². The molecule has 1 aliphatic rings. The van der Waals surface area contributed by atoms with Crippen LogP contribution < -0.4 is 0 Å². The summed E-state index contributed by atoms with van der Waals surface area (Å²) in [5.74, 6) is 0.0148. The van der Waals surface area contributed by atoms with Crippen LogP contribution in [0.1, 0.15) is 58.8 Å². The summed E-state index contributed by atoms with van der Waals surface area (Å²) in [6.07, 6.45) is 6.95. The lowest BCUT2D eigenvalue weighted by Crippen LogP contribution is -2.28. The van der Waals surface area contributed by atoms with Crippen molar-refractivity contribution in [2.75, 3.05) is 13.7 Å². The second kappa shape index (κ2) is 8.72. The Bertz CT molecular complexity index is 360. The number of carbonyl (C=O) groups excluding carboxylic acids is 2. The molecule has 1 rings (SSSR count). The van der Waals surface area contributed by atoms with E-state index in [0.29, 0.717) is 31.1 Å². The summed E-state index contributed by atoms with van der Waals surface area (Å²) in [4.78, 5) is 23.7. The van der Waals surface area contributed by atoms with Crippen molar-refractivity contribution in [1.82, 2.24) is 5.01 Å². The Morgan fingerprint density at radius 2 is 1.85 bits per heavy atom. The highest BCUT2D eigenvalue weighted by molar-refractivity contribution is 6.36. The summed E-state index contributed by atoms with van der Waals surface area (Å²) in [5, 5.41) is 5.40. The molecule has 0 radical (unpaired) electrons. The molecule has 0 aromatic rings. The molecule has 0 aromatic heterocycles. The zero-order valence-electron chi connectivity index (χ0n) is 12.9. The summed E-state index contributed by atoms with van der Waals surface area (Å²) in [6.45, 7) is 3.90. The van der Waals surface area contributed by atoms with Crippen molar-refractivity contribution in [3.8, 4) is 0 Å². The van der Waals surface area contributed by atoms with Crippen LogP contribution in [-0.2, 0) is 14.3 Å². The van der Waals surface area contributed by atoms with E-state index in [1.54, 1.807) is 14.0 Å². The van der Waals surface area contributed by atoms with Gasteiger partial charge in [0.1, 0.15) is 5.71 Å². The molecule has 5 heteroatoms. The average Bonchev–Trinajstić information content (AvgIpc) is 2.45. The Morgan fingerprint density at radius 3 is 2.40 bits per heavy atom. The molecule has 1 aliphatic carbocycles. The van der Waals surface area contributed by atoms with E-state index in [1.807, 2.05) is 6.92 Å². The maximum Gasteiger partial charge on any atom is 0.354 e. The third-order valence-corrected chi connectivity index (χ3v) is 3.67. The van der Waals surface area contributed by atoms with E-state index in [1.165, 1.54) is 24.3 Å². The van der Waals surface area contributed by atoms with Crippen LogP contribution in [0.25, 0.3) is 0 Å². The molecule has 0 spiro atoms. The molecule has 5 nitrogen and oxygen atoms in total. The van der Waals surface area contributed by atoms with Crippen LogP contribution in [0.4, 0.5) is 0 Å². The molecular formula is C15H26N2O3. The standard InChI is InChI=1S/C15H26N2O3/c1-4-13(15(19)20-5-2)16-17(3)14(18)11-12-9-7-6-8-10-12/h12H,4-11H2,1-3H3/b16-13+. The molecule has 0 bridgehead atoms. The topological polar surface area (TPSA) is 59.0 Å². The second-order valence-corrected chi connectivity index (χ2v) is 5.25. The predicted octanol–water partition coefficient (Wildman–Crippen LogP) is 2.74. The fourth-order valence-corrected chi connectivity index (χ4v) is 2.48. The van der Waals surface area contributed by atoms with E-state index in [0.717, 1.165) is 12.8 Å². The molecule has 0 heterocycles. The van der Waals surface area contributed by atoms with Crippen LogP contribution in [0.5, 0.6) is 0 Å². The van der Waals surface area contributed by atoms with Crippen molar-refractivity contribution in [2.45, 2.75) is 58.8 Å². The van der Waals surface area contributed by atoms with Gasteiger partial charge in [-0.3, -0.25) is 4.79 Å². The van der Waals surface area contributed by atoms with Gasteiger partial charge in [0.05, 0.1) is 6.61 Å². The van der Waals surface area contributed by atoms with Gasteiger partial charge in [-0.2, -0.15) is 5.10 Å². The average molecular weight is 282 g/mol. The van der Waals surface area contributed by atoms with E-state index in [9.17, 15) is 9.59 Å². The third-order valence-electron chi connectivity index (χ3n) is 3.67. The van der Waals surface area contributed by atoms with Gasteiger partial charge in [-0.15, -0.1) is 0 Å². The number of esters is 1. The molecule has 114 valence electrons. The maximum atomic E-state index is 12.1. The first-order valence-electron chi connectivity index (χ1n) is 7.59. The Kier molecular flexibility index (Phi) is 7.26. The van der Waals surface area contributed by atoms with Gasteiger partial charge in [0.25, 0.3) is 0 Å². The molecule has 0 aliphatic heterocycles. The first kappa shape index (κ1) is 16.7. The lowest BCUT2D eigenvalue weighted by atomic mass is 9.87. The monoisotopic (exact) mass is 282 g/mol. The summed E-state index contributed by atoms with van der Waals surface area (Å²) in [7, 11) is 1.61. The number of hydrogen-bond acceptors (Lipinski definition) is 4. The Balaban J connectivity index is 2.55. The third kappa shape index (κ3) is 5.31. The van der Waals surface area contributed by atoms with Crippen LogP contribution in [0.2, 0.25) is 0 Å². The van der Waals surface area contributed by atoms with Crippen molar-refractivity contribution >= 4 is 17.6 Å².